The summed E-state index contributed by atoms with van der Waals surface area (Å²) in [6, 6.07) is 59.4. The van der Waals surface area contributed by atoms with Crippen LogP contribution in [0.3, 0.4) is 0 Å². The molecule has 2 aliphatic carbocycles. The summed E-state index contributed by atoms with van der Waals surface area (Å²) in [5, 5.41) is 9.03. The molecule has 0 saturated carbocycles. The molecule has 0 bridgehead atoms. The predicted molar refractivity (Wildman–Crippen MR) is 270 cm³/mol. The first-order valence-corrected chi connectivity index (χ1v) is 23.8. The van der Waals surface area contributed by atoms with Gasteiger partial charge in [-0.15, -0.1) is 0 Å². The maximum Gasteiger partial charge on any atom is 0.129 e. The van der Waals surface area contributed by atoms with Gasteiger partial charge in [0.1, 0.15) is 5.84 Å². The fourth-order valence-corrected chi connectivity index (χ4v) is 13.2. The standard InChI is InChI=1S/C60H44N4S/c1-3-17-38(18-4-1)50-36-51(39-19-5-2-6-20-39)62-59(61-50)40-21-15-23-42(33-40)63-52-29-11-8-25-44(52)46-34-57-49(35-55(46)63)60(48-28-10-14-32-56(48)65-57)37-41-22-16-26-45-43-24-7-12-30-53(43)64(58(41)45)54-31-13-9-27-47(54)60/h1-19,21-32,34-36,39,42,51H,20,33,37H2,(H,61,62). The third-order valence-electron chi connectivity index (χ3n) is 14.8. The number of hydrogen-bond donors (Lipinski definition) is 1. The van der Waals surface area contributed by atoms with E-state index >= 15 is 0 Å². The van der Waals surface area contributed by atoms with Crippen molar-refractivity contribution in [3.63, 3.8) is 0 Å². The average Bonchev–Trinajstić information content (AvgIpc) is 3.84. The van der Waals surface area contributed by atoms with Gasteiger partial charge >= 0.3 is 0 Å². The minimum absolute atomic E-state index is 0.0395. The lowest BCUT2D eigenvalue weighted by Crippen LogP contribution is -2.35. The normalized spacial score (nSPS) is 21.7. The molecule has 2 aromatic heterocycles. The van der Waals surface area contributed by atoms with E-state index in [1.165, 1.54) is 92.5 Å². The lowest BCUT2D eigenvalue weighted by molar-refractivity contribution is 0.574. The summed E-state index contributed by atoms with van der Waals surface area (Å²) in [5.74, 6) is 1.29. The molecule has 4 unspecified atom stereocenters. The average molecular weight is 853 g/mol. The quantitative estimate of drug-likeness (QED) is 0.191. The number of benzene rings is 7. The topological polar surface area (TPSA) is 34.2 Å². The van der Waals surface area contributed by atoms with E-state index in [2.05, 4.69) is 221 Å². The van der Waals surface area contributed by atoms with E-state index in [9.17, 15) is 0 Å². The van der Waals surface area contributed by atoms with Crippen LogP contribution in [0.4, 0.5) is 0 Å². The van der Waals surface area contributed by atoms with Crippen molar-refractivity contribution in [3.8, 4) is 5.69 Å². The summed E-state index contributed by atoms with van der Waals surface area (Å²) in [6.07, 6.45) is 20.8. The molecule has 1 spiro atoms. The highest BCUT2D eigenvalue weighted by molar-refractivity contribution is 7.99. The fraction of sp³-hybridized carbons (Fsp3) is 0.117. The van der Waals surface area contributed by atoms with Crippen LogP contribution in [0.2, 0.25) is 0 Å². The van der Waals surface area contributed by atoms with Crippen LogP contribution in [0.15, 0.2) is 227 Å². The molecule has 310 valence electrons. The number of amidine groups is 1. The SMILES string of the molecule is C1=CCC(C2C=C(c3ccccc3)NC(C3=CC=CC(n4c5ccccc5c5cc6c(cc54)C4(Cc5cccc7c8ccccc8n(c57)-c5ccccc54)c4ccccc4S6)C3)=N2)C=C1. The smallest absolute Gasteiger partial charge is 0.129 e. The second kappa shape index (κ2) is 14.3. The zero-order valence-corrected chi connectivity index (χ0v) is 36.5. The van der Waals surface area contributed by atoms with Crippen molar-refractivity contribution >= 4 is 66.9 Å². The molecule has 0 radical (unpaired) electrons. The van der Waals surface area contributed by atoms with E-state index in [1.54, 1.807) is 0 Å². The third-order valence-corrected chi connectivity index (χ3v) is 15.9. The van der Waals surface area contributed by atoms with Crippen molar-refractivity contribution < 1.29 is 0 Å². The molecule has 5 heteroatoms. The molecule has 0 saturated heterocycles. The van der Waals surface area contributed by atoms with Gasteiger partial charge < -0.3 is 14.5 Å². The molecule has 1 N–H and O–H groups in total. The van der Waals surface area contributed by atoms with Crippen molar-refractivity contribution in [2.24, 2.45) is 10.9 Å². The Morgan fingerprint density at radius 1 is 0.615 bits per heavy atom. The number of hydrogen-bond acceptors (Lipinski definition) is 3. The van der Waals surface area contributed by atoms with Gasteiger partial charge in [-0.25, -0.2) is 0 Å². The minimum Gasteiger partial charge on any atom is -0.340 e. The van der Waals surface area contributed by atoms with Crippen LogP contribution in [0.1, 0.15) is 46.7 Å². The van der Waals surface area contributed by atoms with Crippen LogP contribution in [0.25, 0.3) is 55.0 Å². The predicted octanol–water partition coefficient (Wildman–Crippen LogP) is 14.2. The maximum atomic E-state index is 5.49. The minimum atomic E-state index is -0.455. The second-order valence-electron chi connectivity index (χ2n) is 18.2. The Hall–Kier alpha value is -7.34. The molecule has 65 heavy (non-hydrogen) atoms. The van der Waals surface area contributed by atoms with E-state index in [4.69, 9.17) is 4.99 Å². The summed E-state index contributed by atoms with van der Waals surface area (Å²) in [5.41, 5.74) is 14.9. The Kier molecular flexibility index (Phi) is 8.18. The molecule has 5 aliphatic rings. The highest BCUT2D eigenvalue weighted by Gasteiger charge is 2.47. The number of nitrogens with one attached hydrogen (secondary N) is 1. The zero-order valence-electron chi connectivity index (χ0n) is 35.7. The molecule has 3 aliphatic heterocycles. The lowest BCUT2D eigenvalue weighted by atomic mass is 9.65. The molecule has 0 fully saturated rings. The summed E-state index contributed by atoms with van der Waals surface area (Å²) < 4.78 is 5.20. The molecule has 0 amide bonds. The zero-order chi connectivity index (χ0) is 42.6. The highest BCUT2D eigenvalue weighted by atomic mass is 32.2. The highest BCUT2D eigenvalue weighted by Crippen LogP contribution is 2.58. The summed E-state index contributed by atoms with van der Waals surface area (Å²) >= 11 is 1.93. The van der Waals surface area contributed by atoms with E-state index in [-0.39, 0.29) is 12.1 Å². The van der Waals surface area contributed by atoms with Crippen molar-refractivity contribution in [1.29, 1.82) is 0 Å². The number of allylic oxidation sites excluding steroid dienone is 6. The summed E-state index contributed by atoms with van der Waals surface area (Å²) in [4.78, 5) is 8.14. The van der Waals surface area contributed by atoms with Gasteiger partial charge in [0.15, 0.2) is 0 Å². The second-order valence-corrected chi connectivity index (χ2v) is 19.3. The Bertz CT molecular complexity index is 3670. The third kappa shape index (κ3) is 5.49. The van der Waals surface area contributed by atoms with Crippen molar-refractivity contribution in [2.45, 2.75) is 46.6 Å². The Labute approximate surface area is 382 Å². The van der Waals surface area contributed by atoms with Crippen LogP contribution >= 0.6 is 11.8 Å². The molecule has 9 aromatic rings. The van der Waals surface area contributed by atoms with Gasteiger partial charge in [0.05, 0.1) is 39.7 Å². The molecule has 4 atom stereocenters. The molecule has 5 heterocycles. The number of aliphatic imine (C=N–C) groups is 1. The molecule has 7 aromatic carbocycles. The van der Waals surface area contributed by atoms with Crippen molar-refractivity contribution in [1.82, 2.24) is 14.5 Å². The van der Waals surface area contributed by atoms with Gasteiger partial charge in [-0.05, 0) is 88.7 Å². The number of nitrogens with zero attached hydrogens (tertiary/aromatic N) is 3. The largest absolute Gasteiger partial charge is 0.340 e. The van der Waals surface area contributed by atoms with Gasteiger partial charge in [-0.3, -0.25) is 4.99 Å². The first-order chi connectivity index (χ1) is 32.2. The summed E-state index contributed by atoms with van der Waals surface area (Å²) in [6.45, 7) is 0. The Morgan fingerprint density at radius 2 is 1.38 bits per heavy atom. The van der Waals surface area contributed by atoms with Crippen molar-refractivity contribution in [3.05, 3.63) is 240 Å². The van der Waals surface area contributed by atoms with Crippen LogP contribution in [-0.4, -0.2) is 21.0 Å². The van der Waals surface area contributed by atoms with E-state index in [0.29, 0.717) is 5.92 Å². The van der Waals surface area contributed by atoms with E-state index in [1.807, 2.05) is 11.8 Å². The fourth-order valence-electron chi connectivity index (χ4n) is 11.9. The Morgan fingerprint density at radius 3 is 2.26 bits per heavy atom. The van der Waals surface area contributed by atoms with E-state index < -0.39 is 5.41 Å². The Balaban J connectivity index is 0.957. The van der Waals surface area contributed by atoms with Gasteiger partial charge in [-0.1, -0.05) is 176 Å². The van der Waals surface area contributed by atoms with Gasteiger partial charge in [-0.2, -0.15) is 0 Å². The van der Waals surface area contributed by atoms with Crippen LogP contribution in [0, 0.1) is 5.92 Å². The maximum absolute atomic E-state index is 5.49. The number of rotatable bonds is 4. The molecule has 4 nitrogen and oxygen atoms in total. The van der Waals surface area contributed by atoms with Gasteiger partial charge in [0.25, 0.3) is 0 Å². The van der Waals surface area contributed by atoms with Crippen LogP contribution in [0.5, 0.6) is 0 Å². The first-order valence-electron chi connectivity index (χ1n) is 23.0. The molecule has 14 rings (SSSR count). The molecular weight excluding hydrogens is 809 g/mol. The summed E-state index contributed by atoms with van der Waals surface area (Å²) in [7, 11) is 0. The number of aromatic nitrogens is 2. The lowest BCUT2D eigenvalue weighted by Gasteiger charge is -2.41. The first kappa shape index (κ1) is 37.1. The van der Waals surface area contributed by atoms with Gasteiger partial charge in [0, 0.05) is 54.9 Å². The van der Waals surface area contributed by atoms with E-state index in [0.717, 1.165) is 30.8 Å². The van der Waals surface area contributed by atoms with Gasteiger partial charge in [0.2, 0.25) is 0 Å². The number of fused-ring (bicyclic) bond motifs is 13. The van der Waals surface area contributed by atoms with Crippen LogP contribution < -0.4 is 5.32 Å². The van der Waals surface area contributed by atoms with Crippen molar-refractivity contribution in [2.75, 3.05) is 0 Å². The molecular formula is C60H44N4S. The van der Waals surface area contributed by atoms with Crippen LogP contribution in [-0.2, 0) is 11.8 Å². The monoisotopic (exact) mass is 852 g/mol. The number of para-hydroxylation sites is 4.